The summed E-state index contributed by atoms with van der Waals surface area (Å²) < 4.78 is 5.16. The van der Waals surface area contributed by atoms with Crippen molar-refractivity contribution in [1.29, 1.82) is 0 Å². The SMILES string of the molecule is CC1CCN(C(=O)C2CCN(C(=O)c3ccco3)CC2)CC1. The molecule has 0 radical (unpaired) electrons. The van der Waals surface area contributed by atoms with Gasteiger partial charge in [0.2, 0.25) is 5.91 Å². The first-order chi connectivity index (χ1) is 10.6. The predicted molar refractivity (Wildman–Crippen MR) is 82.3 cm³/mol. The second-order valence-electron chi connectivity index (χ2n) is 6.55. The maximum atomic E-state index is 12.6. The molecule has 0 aliphatic carbocycles. The number of carbonyl (C=O) groups is 2. The Morgan fingerprint density at radius 1 is 1.05 bits per heavy atom. The summed E-state index contributed by atoms with van der Waals surface area (Å²) >= 11 is 0. The molecule has 5 heteroatoms. The highest BCUT2D eigenvalue weighted by Crippen LogP contribution is 2.24. The van der Waals surface area contributed by atoms with Crippen LogP contribution in [0.3, 0.4) is 0 Å². The Kier molecular flexibility index (Phi) is 4.50. The molecule has 0 N–H and O–H groups in total. The highest BCUT2D eigenvalue weighted by molar-refractivity contribution is 5.91. The zero-order valence-corrected chi connectivity index (χ0v) is 13.2. The number of nitrogens with zero attached hydrogens (tertiary/aromatic N) is 2. The normalized spacial score (nSPS) is 21.1. The van der Waals surface area contributed by atoms with E-state index in [2.05, 4.69) is 6.92 Å². The molecule has 1 aromatic rings. The number of hydrogen-bond acceptors (Lipinski definition) is 3. The Morgan fingerprint density at radius 2 is 1.68 bits per heavy atom. The van der Waals surface area contributed by atoms with Crippen molar-refractivity contribution in [1.82, 2.24) is 9.80 Å². The maximum absolute atomic E-state index is 12.6. The van der Waals surface area contributed by atoms with Gasteiger partial charge in [0.05, 0.1) is 6.26 Å². The van der Waals surface area contributed by atoms with Crippen LogP contribution in [0.25, 0.3) is 0 Å². The van der Waals surface area contributed by atoms with Crippen molar-refractivity contribution in [3.8, 4) is 0 Å². The van der Waals surface area contributed by atoms with Crippen LogP contribution in [0.2, 0.25) is 0 Å². The van der Waals surface area contributed by atoms with Gasteiger partial charge >= 0.3 is 0 Å². The number of piperidine rings is 2. The van der Waals surface area contributed by atoms with E-state index in [1.54, 1.807) is 17.0 Å². The molecular weight excluding hydrogens is 280 g/mol. The van der Waals surface area contributed by atoms with Crippen LogP contribution in [0.4, 0.5) is 0 Å². The molecule has 3 rings (SSSR count). The summed E-state index contributed by atoms with van der Waals surface area (Å²) in [6, 6.07) is 3.41. The first kappa shape index (κ1) is 15.1. The Labute approximate surface area is 131 Å². The van der Waals surface area contributed by atoms with E-state index >= 15 is 0 Å². The number of rotatable bonds is 2. The van der Waals surface area contributed by atoms with Gasteiger partial charge in [-0.2, -0.15) is 0 Å². The van der Waals surface area contributed by atoms with Gasteiger partial charge < -0.3 is 14.2 Å². The van der Waals surface area contributed by atoms with E-state index in [0.717, 1.165) is 44.7 Å². The average molecular weight is 304 g/mol. The van der Waals surface area contributed by atoms with Crippen LogP contribution in [0.1, 0.15) is 43.2 Å². The summed E-state index contributed by atoms with van der Waals surface area (Å²) in [6.07, 6.45) is 5.26. The lowest BCUT2D eigenvalue weighted by atomic mass is 9.92. The van der Waals surface area contributed by atoms with Crippen molar-refractivity contribution in [2.45, 2.75) is 32.6 Å². The molecule has 1 aromatic heterocycles. The minimum Gasteiger partial charge on any atom is -0.459 e. The molecule has 0 bridgehead atoms. The van der Waals surface area contributed by atoms with Gasteiger partial charge in [-0.15, -0.1) is 0 Å². The van der Waals surface area contributed by atoms with E-state index < -0.39 is 0 Å². The summed E-state index contributed by atoms with van der Waals surface area (Å²) in [5.74, 6) is 1.42. The lowest BCUT2D eigenvalue weighted by molar-refractivity contribution is -0.138. The van der Waals surface area contributed by atoms with E-state index in [0.29, 0.717) is 18.8 Å². The fourth-order valence-corrected chi connectivity index (χ4v) is 3.37. The van der Waals surface area contributed by atoms with Crippen LogP contribution in [0.15, 0.2) is 22.8 Å². The highest BCUT2D eigenvalue weighted by Gasteiger charge is 2.32. The molecule has 120 valence electrons. The van der Waals surface area contributed by atoms with E-state index in [1.165, 1.54) is 6.26 Å². The molecule has 2 aliphatic heterocycles. The largest absolute Gasteiger partial charge is 0.459 e. The second kappa shape index (κ2) is 6.55. The monoisotopic (exact) mass is 304 g/mol. The van der Waals surface area contributed by atoms with Gasteiger partial charge in [0.1, 0.15) is 0 Å². The number of carbonyl (C=O) groups excluding carboxylic acids is 2. The van der Waals surface area contributed by atoms with Crippen molar-refractivity contribution in [2.24, 2.45) is 11.8 Å². The Balaban J connectivity index is 1.51. The van der Waals surface area contributed by atoms with Gasteiger partial charge in [-0.1, -0.05) is 6.92 Å². The number of furan rings is 1. The molecule has 0 saturated carbocycles. The van der Waals surface area contributed by atoms with Gasteiger partial charge in [0.25, 0.3) is 5.91 Å². The fourth-order valence-electron chi connectivity index (χ4n) is 3.37. The molecule has 3 heterocycles. The molecule has 0 unspecified atom stereocenters. The molecule has 0 spiro atoms. The Hall–Kier alpha value is -1.78. The van der Waals surface area contributed by atoms with Crippen LogP contribution in [0, 0.1) is 11.8 Å². The average Bonchev–Trinajstić information content (AvgIpc) is 3.09. The van der Waals surface area contributed by atoms with Crippen LogP contribution in [-0.2, 0) is 4.79 Å². The highest BCUT2D eigenvalue weighted by atomic mass is 16.3. The minimum atomic E-state index is -0.0669. The summed E-state index contributed by atoms with van der Waals surface area (Å²) in [4.78, 5) is 28.6. The van der Waals surface area contributed by atoms with E-state index in [4.69, 9.17) is 4.42 Å². The van der Waals surface area contributed by atoms with Gasteiger partial charge in [-0.3, -0.25) is 9.59 Å². The first-order valence-corrected chi connectivity index (χ1v) is 8.26. The van der Waals surface area contributed by atoms with Crippen LogP contribution < -0.4 is 0 Å². The van der Waals surface area contributed by atoms with Crippen molar-refractivity contribution in [2.75, 3.05) is 26.2 Å². The topological polar surface area (TPSA) is 53.8 Å². The third-order valence-corrected chi connectivity index (χ3v) is 4.96. The van der Waals surface area contributed by atoms with Gasteiger partial charge in [-0.25, -0.2) is 0 Å². The summed E-state index contributed by atoms with van der Waals surface area (Å²) in [7, 11) is 0. The van der Waals surface area contributed by atoms with Crippen molar-refractivity contribution >= 4 is 11.8 Å². The molecule has 2 amide bonds. The van der Waals surface area contributed by atoms with Crippen molar-refractivity contribution in [3.63, 3.8) is 0 Å². The van der Waals surface area contributed by atoms with Gasteiger partial charge in [0, 0.05) is 32.1 Å². The van der Waals surface area contributed by atoms with Crippen LogP contribution in [-0.4, -0.2) is 47.8 Å². The van der Waals surface area contributed by atoms with Crippen LogP contribution >= 0.6 is 0 Å². The second-order valence-corrected chi connectivity index (χ2v) is 6.55. The van der Waals surface area contributed by atoms with E-state index in [9.17, 15) is 9.59 Å². The minimum absolute atomic E-state index is 0.0669. The van der Waals surface area contributed by atoms with Gasteiger partial charge in [-0.05, 0) is 43.7 Å². The third kappa shape index (κ3) is 3.18. The number of likely N-dealkylation sites (tertiary alicyclic amines) is 2. The summed E-state index contributed by atoms with van der Waals surface area (Å²) in [6.45, 7) is 5.32. The lowest BCUT2D eigenvalue weighted by Crippen LogP contribution is -2.46. The smallest absolute Gasteiger partial charge is 0.289 e. The van der Waals surface area contributed by atoms with Crippen LogP contribution in [0.5, 0.6) is 0 Å². The van der Waals surface area contributed by atoms with E-state index in [1.807, 2.05) is 4.90 Å². The molecule has 2 fully saturated rings. The Bertz CT molecular complexity index is 510. The zero-order valence-electron chi connectivity index (χ0n) is 13.2. The first-order valence-electron chi connectivity index (χ1n) is 8.26. The molecule has 5 nitrogen and oxygen atoms in total. The fraction of sp³-hybridized carbons (Fsp3) is 0.647. The quantitative estimate of drug-likeness (QED) is 0.843. The molecule has 22 heavy (non-hydrogen) atoms. The van der Waals surface area contributed by atoms with E-state index in [-0.39, 0.29) is 17.7 Å². The lowest BCUT2D eigenvalue weighted by Gasteiger charge is -2.36. The predicted octanol–water partition coefficient (Wildman–Crippen LogP) is 2.39. The van der Waals surface area contributed by atoms with Gasteiger partial charge in [0.15, 0.2) is 5.76 Å². The standard InChI is InChI=1S/C17H24N2O3/c1-13-4-8-18(9-5-13)16(20)14-6-10-19(11-7-14)17(21)15-3-2-12-22-15/h2-3,12-14H,4-11H2,1H3. The molecule has 0 atom stereocenters. The number of amides is 2. The Morgan fingerprint density at radius 3 is 2.27 bits per heavy atom. The summed E-state index contributed by atoms with van der Waals surface area (Å²) in [5, 5.41) is 0. The van der Waals surface area contributed by atoms with Crippen molar-refractivity contribution in [3.05, 3.63) is 24.2 Å². The molecule has 2 aliphatic rings. The zero-order chi connectivity index (χ0) is 15.5. The maximum Gasteiger partial charge on any atom is 0.289 e. The molecule has 0 aromatic carbocycles. The third-order valence-electron chi connectivity index (χ3n) is 4.96. The number of hydrogen-bond donors (Lipinski definition) is 0. The van der Waals surface area contributed by atoms with Crippen molar-refractivity contribution < 1.29 is 14.0 Å². The molecule has 2 saturated heterocycles. The molecular formula is C17H24N2O3. The summed E-state index contributed by atoms with van der Waals surface area (Å²) in [5.41, 5.74) is 0.